The third kappa shape index (κ3) is 4.24. The lowest BCUT2D eigenvalue weighted by molar-refractivity contribution is -0.139. The maximum atomic E-state index is 12.4. The predicted octanol–water partition coefficient (Wildman–Crippen LogP) is 1.88. The summed E-state index contributed by atoms with van der Waals surface area (Å²) < 4.78 is 33.3. The van der Waals surface area contributed by atoms with Gasteiger partial charge in [-0.05, 0) is 25.0 Å². The zero-order chi connectivity index (χ0) is 19.5. The van der Waals surface area contributed by atoms with Gasteiger partial charge >= 0.3 is 5.97 Å². The molecule has 0 saturated heterocycles. The molecule has 26 heavy (non-hydrogen) atoms. The Hall–Kier alpha value is -2.79. The number of hydrogen-bond acceptors (Lipinski definition) is 7. The van der Waals surface area contributed by atoms with E-state index in [1.807, 2.05) is 6.07 Å². The first-order valence-electron chi connectivity index (χ1n) is 7.90. The monoisotopic (exact) mass is 376 g/mol. The molecule has 2 N–H and O–H groups in total. The molecule has 0 aromatic heterocycles. The van der Waals surface area contributed by atoms with Gasteiger partial charge in [0.05, 0.1) is 23.9 Å². The Kier molecular flexibility index (Phi) is 5.73. The van der Waals surface area contributed by atoms with Gasteiger partial charge < -0.3 is 15.2 Å². The Morgan fingerprint density at radius 3 is 2.46 bits per heavy atom. The van der Waals surface area contributed by atoms with Gasteiger partial charge in [-0.15, -0.1) is 0 Å². The lowest BCUT2D eigenvalue weighted by Crippen LogP contribution is -2.25. The van der Waals surface area contributed by atoms with Crippen molar-refractivity contribution in [2.45, 2.75) is 25.5 Å². The molecule has 0 aliphatic carbocycles. The first kappa shape index (κ1) is 19.5. The second kappa shape index (κ2) is 7.62. The number of rotatable bonds is 5. The van der Waals surface area contributed by atoms with Crippen LogP contribution in [0.2, 0.25) is 0 Å². The van der Waals surface area contributed by atoms with Gasteiger partial charge in [0.1, 0.15) is 17.4 Å². The van der Waals surface area contributed by atoms with Crippen LogP contribution in [0.4, 0.5) is 0 Å². The molecule has 1 unspecified atom stereocenters. The summed E-state index contributed by atoms with van der Waals surface area (Å²) in [6.45, 7) is 3.44. The van der Waals surface area contributed by atoms with Crippen LogP contribution in [-0.2, 0) is 29.9 Å². The van der Waals surface area contributed by atoms with E-state index in [1.54, 1.807) is 38.1 Å². The van der Waals surface area contributed by atoms with E-state index < -0.39 is 21.7 Å². The normalized spacial score (nSPS) is 17.5. The summed E-state index contributed by atoms with van der Waals surface area (Å²) in [4.78, 5) is 12.4. The van der Waals surface area contributed by atoms with Crippen LogP contribution in [0.15, 0.2) is 47.1 Å². The number of sulfone groups is 1. The fraction of sp³-hybridized carbons (Fsp3) is 0.333. The second-order valence-electron chi connectivity index (χ2n) is 5.93. The number of carbonyl (C=O) groups is 1. The average Bonchev–Trinajstić information content (AvgIpc) is 2.53. The maximum absolute atomic E-state index is 12.4. The highest BCUT2D eigenvalue weighted by molar-refractivity contribution is 7.89. The third-order valence-corrected chi connectivity index (χ3v) is 4.70. The minimum Gasteiger partial charge on any atom is -0.463 e. The number of hydrogen-bond donors (Lipinski definition) is 1. The number of nitrogens with two attached hydrogens (primary N) is 1. The van der Waals surface area contributed by atoms with Gasteiger partial charge in [0.2, 0.25) is 5.88 Å². The minimum atomic E-state index is -3.16. The molecule has 1 aromatic carbocycles. The highest BCUT2D eigenvalue weighted by Crippen LogP contribution is 2.39. The summed E-state index contributed by atoms with van der Waals surface area (Å²) in [7, 11) is -3.16. The Balaban J connectivity index is 2.51. The fourth-order valence-corrected chi connectivity index (χ4v) is 3.60. The minimum absolute atomic E-state index is 0.0664. The van der Waals surface area contributed by atoms with Crippen molar-refractivity contribution in [1.29, 1.82) is 5.26 Å². The lowest BCUT2D eigenvalue weighted by Gasteiger charge is -2.26. The Labute approximate surface area is 152 Å². The van der Waals surface area contributed by atoms with Crippen LogP contribution in [-0.4, -0.2) is 27.2 Å². The van der Waals surface area contributed by atoms with Crippen molar-refractivity contribution in [3.63, 3.8) is 0 Å². The van der Waals surface area contributed by atoms with Gasteiger partial charge in [-0.25, -0.2) is 13.2 Å². The molecule has 0 bridgehead atoms. The molecular formula is C18H20N2O5S. The van der Waals surface area contributed by atoms with Crippen molar-refractivity contribution in [3.05, 3.63) is 58.2 Å². The SMILES string of the molecule is CCOC(=O)C1=C(C)OC(N)=C(C#N)C1c1ccc(CS(C)(=O)=O)cc1. The highest BCUT2D eigenvalue weighted by Gasteiger charge is 2.36. The lowest BCUT2D eigenvalue weighted by atomic mass is 9.83. The maximum Gasteiger partial charge on any atom is 0.338 e. The van der Waals surface area contributed by atoms with Crippen molar-refractivity contribution in [2.24, 2.45) is 5.73 Å². The first-order valence-corrected chi connectivity index (χ1v) is 9.96. The van der Waals surface area contributed by atoms with Crippen LogP contribution in [0.3, 0.4) is 0 Å². The topological polar surface area (TPSA) is 119 Å². The second-order valence-corrected chi connectivity index (χ2v) is 8.07. The molecule has 0 fully saturated rings. The number of carbonyl (C=O) groups excluding carboxylic acids is 1. The average molecular weight is 376 g/mol. The van der Waals surface area contributed by atoms with E-state index in [0.29, 0.717) is 11.1 Å². The van der Waals surface area contributed by atoms with Crippen molar-refractivity contribution in [2.75, 3.05) is 12.9 Å². The molecule has 0 amide bonds. The molecule has 0 spiro atoms. The smallest absolute Gasteiger partial charge is 0.338 e. The van der Waals surface area contributed by atoms with Gasteiger partial charge in [0.25, 0.3) is 0 Å². The van der Waals surface area contributed by atoms with Crippen molar-refractivity contribution in [1.82, 2.24) is 0 Å². The fourth-order valence-electron chi connectivity index (χ4n) is 2.80. The number of esters is 1. The summed E-state index contributed by atoms with van der Waals surface area (Å²) in [6.07, 6.45) is 1.15. The van der Waals surface area contributed by atoms with E-state index in [1.165, 1.54) is 0 Å². The molecule has 1 atom stereocenters. The molecule has 1 aliphatic heterocycles. The number of nitriles is 1. The molecule has 8 heteroatoms. The van der Waals surface area contributed by atoms with Crippen molar-refractivity contribution >= 4 is 15.8 Å². The van der Waals surface area contributed by atoms with E-state index in [0.717, 1.165) is 6.26 Å². The Bertz CT molecular complexity index is 921. The molecule has 0 saturated carbocycles. The molecule has 1 aromatic rings. The van der Waals surface area contributed by atoms with Gasteiger partial charge in [0, 0.05) is 6.26 Å². The Morgan fingerprint density at radius 2 is 1.96 bits per heavy atom. The molecule has 2 rings (SSSR count). The number of nitrogens with zero attached hydrogens (tertiary/aromatic N) is 1. The van der Waals surface area contributed by atoms with E-state index in [9.17, 15) is 18.5 Å². The molecular weight excluding hydrogens is 356 g/mol. The molecule has 138 valence electrons. The zero-order valence-corrected chi connectivity index (χ0v) is 15.6. The van der Waals surface area contributed by atoms with Crippen molar-refractivity contribution < 1.29 is 22.7 Å². The quantitative estimate of drug-likeness (QED) is 0.779. The van der Waals surface area contributed by atoms with Crippen LogP contribution in [0.1, 0.15) is 30.9 Å². The summed E-state index contributed by atoms with van der Waals surface area (Å²) in [5.74, 6) is -1.21. The largest absolute Gasteiger partial charge is 0.463 e. The summed E-state index contributed by atoms with van der Waals surface area (Å²) >= 11 is 0. The van der Waals surface area contributed by atoms with E-state index in [2.05, 4.69) is 0 Å². The zero-order valence-electron chi connectivity index (χ0n) is 14.8. The Morgan fingerprint density at radius 1 is 1.35 bits per heavy atom. The standard InChI is InChI=1S/C18H20N2O5S/c1-4-24-18(21)15-11(2)25-17(20)14(9-19)16(15)13-7-5-12(6-8-13)10-26(3,22)23/h5-8,16H,4,10,20H2,1-3H3. The van der Waals surface area contributed by atoms with Crippen molar-refractivity contribution in [3.8, 4) is 6.07 Å². The summed E-state index contributed by atoms with van der Waals surface area (Å²) in [5, 5.41) is 9.49. The van der Waals surface area contributed by atoms with E-state index >= 15 is 0 Å². The van der Waals surface area contributed by atoms with Gasteiger partial charge in [-0.3, -0.25) is 0 Å². The predicted molar refractivity (Wildman–Crippen MR) is 95.0 cm³/mol. The molecule has 1 aliphatic rings. The number of ether oxygens (including phenoxy) is 2. The summed E-state index contributed by atoms with van der Waals surface area (Å²) in [5.41, 5.74) is 7.36. The van der Waals surface area contributed by atoms with E-state index in [4.69, 9.17) is 15.2 Å². The van der Waals surface area contributed by atoms with Gasteiger partial charge in [-0.1, -0.05) is 24.3 Å². The van der Waals surface area contributed by atoms with Crippen LogP contribution in [0, 0.1) is 11.3 Å². The van der Waals surface area contributed by atoms with E-state index in [-0.39, 0.29) is 35.1 Å². The van der Waals surface area contributed by atoms with Crippen LogP contribution >= 0.6 is 0 Å². The number of benzene rings is 1. The van der Waals surface area contributed by atoms with Crippen LogP contribution in [0.5, 0.6) is 0 Å². The van der Waals surface area contributed by atoms with Gasteiger partial charge in [0.15, 0.2) is 9.84 Å². The highest BCUT2D eigenvalue weighted by atomic mass is 32.2. The van der Waals surface area contributed by atoms with Crippen LogP contribution in [0.25, 0.3) is 0 Å². The number of allylic oxidation sites excluding steroid dienone is 2. The molecule has 7 nitrogen and oxygen atoms in total. The van der Waals surface area contributed by atoms with Crippen LogP contribution < -0.4 is 5.73 Å². The van der Waals surface area contributed by atoms with Gasteiger partial charge in [-0.2, -0.15) is 5.26 Å². The summed E-state index contributed by atoms with van der Waals surface area (Å²) in [6, 6.07) is 8.64. The molecule has 1 heterocycles. The first-order chi connectivity index (χ1) is 12.2. The third-order valence-electron chi connectivity index (χ3n) is 3.84. The molecule has 0 radical (unpaired) electrons.